The third kappa shape index (κ3) is 3.28. The van der Waals surface area contributed by atoms with Crippen LogP contribution in [0, 0.1) is 0 Å². The van der Waals surface area contributed by atoms with E-state index in [1.165, 1.54) is 0 Å². The summed E-state index contributed by atoms with van der Waals surface area (Å²) in [6, 6.07) is 5.71. The first-order chi connectivity index (χ1) is 7.74. The summed E-state index contributed by atoms with van der Waals surface area (Å²) in [6.45, 7) is 0.436. The monoisotopic (exact) mass is 342 g/mol. The molecule has 0 N–H and O–H groups in total. The van der Waals surface area contributed by atoms with Crippen LogP contribution >= 0.6 is 31.9 Å². The molecule has 0 amide bonds. The highest BCUT2D eigenvalue weighted by Gasteiger charge is 1.98. The standard InChI is InChI=1S/C11H8Br2N2O/c12-8-1-2-10(15-5-8)7-16-11-3-9(13)4-14-6-11/h1-6H,7H2. The van der Waals surface area contributed by atoms with Crippen molar-refractivity contribution in [3.63, 3.8) is 0 Å². The number of halogens is 2. The first-order valence-corrected chi connectivity index (χ1v) is 6.16. The van der Waals surface area contributed by atoms with Crippen LogP contribution in [0.4, 0.5) is 0 Å². The quantitative estimate of drug-likeness (QED) is 0.854. The summed E-state index contributed by atoms with van der Waals surface area (Å²) >= 11 is 6.67. The van der Waals surface area contributed by atoms with Crippen LogP contribution < -0.4 is 4.74 Å². The van der Waals surface area contributed by atoms with Gasteiger partial charge in [-0.15, -0.1) is 0 Å². The van der Waals surface area contributed by atoms with Crippen molar-refractivity contribution in [2.24, 2.45) is 0 Å². The molecule has 2 rings (SSSR count). The van der Waals surface area contributed by atoms with E-state index in [4.69, 9.17) is 4.74 Å². The number of ether oxygens (including phenoxy) is 1. The Morgan fingerprint density at radius 2 is 1.94 bits per heavy atom. The second-order valence-corrected chi connectivity index (χ2v) is 4.93. The highest BCUT2D eigenvalue weighted by Crippen LogP contribution is 2.17. The Morgan fingerprint density at radius 1 is 1.06 bits per heavy atom. The third-order valence-electron chi connectivity index (χ3n) is 1.86. The fourth-order valence-corrected chi connectivity index (χ4v) is 1.70. The van der Waals surface area contributed by atoms with E-state index in [1.54, 1.807) is 18.6 Å². The highest BCUT2D eigenvalue weighted by molar-refractivity contribution is 9.10. The molecular formula is C11H8Br2N2O. The molecule has 82 valence electrons. The average molecular weight is 344 g/mol. The van der Waals surface area contributed by atoms with Gasteiger partial charge in [-0.2, -0.15) is 0 Å². The van der Waals surface area contributed by atoms with Gasteiger partial charge in [-0.25, -0.2) is 0 Å². The van der Waals surface area contributed by atoms with E-state index < -0.39 is 0 Å². The highest BCUT2D eigenvalue weighted by atomic mass is 79.9. The second-order valence-electron chi connectivity index (χ2n) is 3.10. The lowest BCUT2D eigenvalue weighted by Crippen LogP contribution is -1.98. The Morgan fingerprint density at radius 3 is 2.62 bits per heavy atom. The first-order valence-electron chi connectivity index (χ1n) is 4.58. The Kier molecular flexibility index (Phi) is 3.90. The topological polar surface area (TPSA) is 35.0 Å². The summed E-state index contributed by atoms with van der Waals surface area (Å²) in [5.41, 5.74) is 0.878. The van der Waals surface area contributed by atoms with Crippen LogP contribution in [0.2, 0.25) is 0 Å². The molecule has 16 heavy (non-hydrogen) atoms. The average Bonchev–Trinajstić information content (AvgIpc) is 2.28. The van der Waals surface area contributed by atoms with Crippen LogP contribution in [0.3, 0.4) is 0 Å². The lowest BCUT2D eigenvalue weighted by Gasteiger charge is -2.05. The van der Waals surface area contributed by atoms with Gasteiger partial charge in [0, 0.05) is 21.3 Å². The van der Waals surface area contributed by atoms with Gasteiger partial charge >= 0.3 is 0 Å². The van der Waals surface area contributed by atoms with Gasteiger partial charge in [0.15, 0.2) is 0 Å². The molecule has 0 spiro atoms. The van der Waals surface area contributed by atoms with Crippen LogP contribution in [-0.4, -0.2) is 9.97 Å². The maximum atomic E-state index is 5.54. The predicted octanol–water partition coefficient (Wildman–Crippen LogP) is 3.58. The zero-order valence-electron chi connectivity index (χ0n) is 8.23. The van der Waals surface area contributed by atoms with Crippen molar-refractivity contribution < 1.29 is 4.74 Å². The summed E-state index contributed by atoms with van der Waals surface area (Å²) in [5, 5.41) is 0. The first kappa shape index (κ1) is 11.5. The molecule has 3 nitrogen and oxygen atoms in total. The summed E-state index contributed by atoms with van der Waals surface area (Å²) in [5.74, 6) is 0.721. The molecule has 0 bridgehead atoms. The van der Waals surface area contributed by atoms with E-state index in [1.807, 2.05) is 18.2 Å². The summed E-state index contributed by atoms with van der Waals surface area (Å²) < 4.78 is 7.40. The molecule has 0 unspecified atom stereocenters. The molecule has 0 radical (unpaired) electrons. The number of rotatable bonds is 3. The van der Waals surface area contributed by atoms with Crippen LogP contribution in [0.1, 0.15) is 5.69 Å². The maximum absolute atomic E-state index is 5.54. The molecule has 0 saturated heterocycles. The van der Waals surface area contributed by atoms with Crippen molar-refractivity contribution in [2.75, 3.05) is 0 Å². The van der Waals surface area contributed by atoms with Gasteiger partial charge in [0.1, 0.15) is 12.4 Å². The second kappa shape index (κ2) is 5.41. The van der Waals surface area contributed by atoms with E-state index in [0.717, 1.165) is 20.4 Å². The minimum Gasteiger partial charge on any atom is -0.486 e. The van der Waals surface area contributed by atoms with Crippen molar-refractivity contribution in [1.82, 2.24) is 9.97 Å². The SMILES string of the molecule is Brc1ccc(COc2cncc(Br)c2)nc1. The minimum absolute atomic E-state index is 0.436. The van der Waals surface area contributed by atoms with Gasteiger partial charge in [0.25, 0.3) is 0 Å². The van der Waals surface area contributed by atoms with Crippen molar-refractivity contribution in [1.29, 1.82) is 0 Å². The van der Waals surface area contributed by atoms with E-state index in [2.05, 4.69) is 41.8 Å². The van der Waals surface area contributed by atoms with Gasteiger partial charge < -0.3 is 4.74 Å². The van der Waals surface area contributed by atoms with Gasteiger partial charge in [0.05, 0.1) is 11.9 Å². The Labute approximate surface area is 110 Å². The van der Waals surface area contributed by atoms with Gasteiger partial charge in [0.2, 0.25) is 0 Å². The Bertz CT molecular complexity index is 474. The molecule has 2 heterocycles. The third-order valence-corrected chi connectivity index (χ3v) is 2.76. The molecule has 0 atom stereocenters. The van der Waals surface area contributed by atoms with E-state index >= 15 is 0 Å². The number of aromatic nitrogens is 2. The predicted molar refractivity (Wildman–Crippen MR) is 68.2 cm³/mol. The summed E-state index contributed by atoms with van der Waals surface area (Å²) in [6.07, 6.45) is 5.13. The van der Waals surface area contributed by atoms with Gasteiger partial charge in [-0.05, 0) is 50.1 Å². The fourth-order valence-electron chi connectivity index (χ4n) is 1.12. The van der Waals surface area contributed by atoms with Crippen molar-refractivity contribution in [2.45, 2.75) is 6.61 Å². The maximum Gasteiger partial charge on any atom is 0.139 e. The number of pyridine rings is 2. The lowest BCUT2D eigenvalue weighted by molar-refractivity contribution is 0.300. The van der Waals surface area contributed by atoms with Crippen LogP contribution in [0.5, 0.6) is 5.75 Å². The molecule has 0 fully saturated rings. The number of hydrogen-bond donors (Lipinski definition) is 0. The molecule has 2 aromatic rings. The van der Waals surface area contributed by atoms with Crippen LogP contribution in [-0.2, 0) is 6.61 Å². The molecule has 0 saturated carbocycles. The van der Waals surface area contributed by atoms with E-state index in [9.17, 15) is 0 Å². The molecule has 5 heteroatoms. The lowest BCUT2D eigenvalue weighted by atomic mass is 10.4. The molecule has 2 aromatic heterocycles. The Hall–Kier alpha value is -0.940. The molecule has 0 aliphatic heterocycles. The Balaban J connectivity index is 1.99. The zero-order chi connectivity index (χ0) is 11.4. The van der Waals surface area contributed by atoms with Gasteiger partial charge in [-0.1, -0.05) is 0 Å². The normalized spacial score (nSPS) is 10.1. The van der Waals surface area contributed by atoms with E-state index in [-0.39, 0.29) is 0 Å². The number of hydrogen-bond acceptors (Lipinski definition) is 3. The molecule has 0 aromatic carbocycles. The van der Waals surface area contributed by atoms with Crippen molar-refractivity contribution in [3.8, 4) is 5.75 Å². The fraction of sp³-hybridized carbons (Fsp3) is 0.0909. The van der Waals surface area contributed by atoms with E-state index in [0.29, 0.717) is 6.61 Å². The molecular weight excluding hydrogens is 336 g/mol. The zero-order valence-corrected chi connectivity index (χ0v) is 11.4. The smallest absolute Gasteiger partial charge is 0.139 e. The molecule has 0 aliphatic rings. The number of nitrogens with zero attached hydrogens (tertiary/aromatic N) is 2. The molecule has 0 aliphatic carbocycles. The summed E-state index contributed by atoms with van der Waals surface area (Å²) in [7, 11) is 0. The van der Waals surface area contributed by atoms with Crippen molar-refractivity contribution in [3.05, 3.63) is 51.4 Å². The summed E-state index contributed by atoms with van der Waals surface area (Å²) in [4.78, 5) is 8.22. The van der Waals surface area contributed by atoms with Gasteiger partial charge in [-0.3, -0.25) is 9.97 Å². The van der Waals surface area contributed by atoms with Crippen LogP contribution in [0.25, 0.3) is 0 Å². The largest absolute Gasteiger partial charge is 0.486 e. The van der Waals surface area contributed by atoms with Crippen molar-refractivity contribution >= 4 is 31.9 Å². The van der Waals surface area contributed by atoms with Crippen LogP contribution in [0.15, 0.2) is 45.7 Å². The minimum atomic E-state index is 0.436.